The first-order valence-corrected chi connectivity index (χ1v) is 7.76. The van der Waals surface area contributed by atoms with Crippen LogP contribution in [0, 0.1) is 5.82 Å². The summed E-state index contributed by atoms with van der Waals surface area (Å²) >= 11 is 6.34. The van der Waals surface area contributed by atoms with Crippen LogP contribution in [0.1, 0.15) is 29.6 Å². The zero-order valence-electron chi connectivity index (χ0n) is 12.2. The molecule has 2 atom stereocenters. The maximum absolute atomic E-state index is 13.2. The molecule has 1 aromatic heterocycles. The number of hydrogen-bond acceptors (Lipinski definition) is 3. The van der Waals surface area contributed by atoms with Gasteiger partial charge in [-0.25, -0.2) is 9.07 Å². The van der Waals surface area contributed by atoms with Gasteiger partial charge in [0.25, 0.3) is 0 Å². The van der Waals surface area contributed by atoms with Crippen LogP contribution in [-0.4, -0.2) is 14.8 Å². The highest BCUT2D eigenvalue weighted by Gasteiger charge is 2.30. The highest BCUT2D eigenvalue weighted by Crippen LogP contribution is 2.39. The van der Waals surface area contributed by atoms with Gasteiger partial charge in [0, 0.05) is 5.02 Å². The summed E-state index contributed by atoms with van der Waals surface area (Å²) in [5, 5.41) is 8.40. The SMILES string of the molecule is Fc1ccc([C@@H]2C[C@@H](c3ccccc3Cl)Nc3ncnn32)cc1. The van der Waals surface area contributed by atoms with E-state index in [1.807, 2.05) is 28.9 Å². The van der Waals surface area contributed by atoms with Crippen LogP contribution in [-0.2, 0) is 0 Å². The lowest BCUT2D eigenvalue weighted by Crippen LogP contribution is -2.28. The van der Waals surface area contributed by atoms with Crippen molar-refractivity contribution < 1.29 is 4.39 Å². The second-order valence-electron chi connectivity index (χ2n) is 5.55. The molecule has 6 heteroatoms. The molecule has 2 heterocycles. The predicted molar refractivity (Wildman–Crippen MR) is 87.0 cm³/mol. The first kappa shape index (κ1) is 14.2. The molecule has 2 aromatic carbocycles. The van der Waals surface area contributed by atoms with Crippen molar-refractivity contribution in [1.29, 1.82) is 0 Å². The Hall–Kier alpha value is -2.40. The monoisotopic (exact) mass is 328 g/mol. The molecule has 4 rings (SSSR count). The molecular weight excluding hydrogens is 315 g/mol. The fourth-order valence-corrected chi connectivity index (χ4v) is 3.31. The number of halogens is 2. The Kier molecular flexibility index (Phi) is 3.50. The number of hydrogen-bond donors (Lipinski definition) is 1. The minimum atomic E-state index is -0.246. The van der Waals surface area contributed by atoms with Gasteiger partial charge < -0.3 is 5.32 Å². The predicted octanol–water partition coefficient (Wildman–Crippen LogP) is 4.22. The zero-order valence-corrected chi connectivity index (χ0v) is 12.9. The normalized spacial score (nSPS) is 19.9. The lowest BCUT2D eigenvalue weighted by molar-refractivity contribution is 0.430. The van der Waals surface area contributed by atoms with Crippen LogP contribution in [0.15, 0.2) is 54.9 Å². The van der Waals surface area contributed by atoms with Crippen LogP contribution >= 0.6 is 11.6 Å². The molecule has 1 aliphatic rings. The summed E-state index contributed by atoms with van der Waals surface area (Å²) in [4.78, 5) is 4.28. The second kappa shape index (κ2) is 5.66. The van der Waals surface area contributed by atoms with Gasteiger partial charge in [0.2, 0.25) is 5.95 Å². The van der Waals surface area contributed by atoms with Crippen molar-refractivity contribution in [2.45, 2.75) is 18.5 Å². The van der Waals surface area contributed by atoms with E-state index in [2.05, 4.69) is 15.4 Å². The molecule has 0 amide bonds. The molecule has 0 radical (unpaired) electrons. The summed E-state index contributed by atoms with van der Waals surface area (Å²) in [7, 11) is 0. The quantitative estimate of drug-likeness (QED) is 0.766. The Balaban J connectivity index is 1.75. The van der Waals surface area contributed by atoms with Crippen LogP contribution in [0.3, 0.4) is 0 Å². The van der Waals surface area contributed by atoms with Crippen molar-refractivity contribution in [1.82, 2.24) is 14.8 Å². The number of nitrogens with zero attached hydrogens (tertiary/aromatic N) is 3. The third kappa shape index (κ3) is 2.57. The first-order valence-electron chi connectivity index (χ1n) is 7.38. The van der Waals surface area contributed by atoms with Crippen LogP contribution in [0.25, 0.3) is 0 Å². The summed E-state index contributed by atoms with van der Waals surface area (Å²) in [6.07, 6.45) is 2.28. The standard InChI is InChI=1S/C17H14ClFN4/c18-14-4-2-1-3-13(14)15-9-16(11-5-7-12(19)8-6-11)23-17(22-15)20-10-21-23/h1-8,10,15-16H,9H2,(H,20,21,22)/t15-,16-/m0/s1. The molecule has 116 valence electrons. The number of aromatic nitrogens is 3. The minimum absolute atomic E-state index is 0.0179. The molecule has 0 spiro atoms. The summed E-state index contributed by atoms with van der Waals surface area (Å²) in [5.74, 6) is 0.444. The lowest BCUT2D eigenvalue weighted by Gasteiger charge is -2.32. The molecule has 4 nitrogen and oxygen atoms in total. The number of fused-ring (bicyclic) bond motifs is 1. The van der Waals surface area contributed by atoms with E-state index in [-0.39, 0.29) is 17.9 Å². The second-order valence-corrected chi connectivity index (χ2v) is 5.96. The smallest absolute Gasteiger partial charge is 0.222 e. The van der Waals surface area contributed by atoms with Crippen molar-refractivity contribution in [3.8, 4) is 0 Å². The number of nitrogens with one attached hydrogen (secondary N) is 1. The highest BCUT2D eigenvalue weighted by molar-refractivity contribution is 6.31. The van der Waals surface area contributed by atoms with Crippen molar-refractivity contribution >= 4 is 17.5 Å². The van der Waals surface area contributed by atoms with E-state index >= 15 is 0 Å². The fraction of sp³-hybridized carbons (Fsp3) is 0.176. The number of rotatable bonds is 2. The average molecular weight is 329 g/mol. The van der Waals surface area contributed by atoms with Crippen LogP contribution in [0.4, 0.5) is 10.3 Å². The van der Waals surface area contributed by atoms with Gasteiger partial charge in [-0.3, -0.25) is 0 Å². The maximum Gasteiger partial charge on any atom is 0.222 e. The zero-order chi connectivity index (χ0) is 15.8. The molecule has 0 fully saturated rings. The van der Waals surface area contributed by atoms with Gasteiger partial charge in [0.05, 0.1) is 12.1 Å². The van der Waals surface area contributed by atoms with Gasteiger partial charge in [-0.1, -0.05) is 41.9 Å². The van der Waals surface area contributed by atoms with Gasteiger partial charge in [-0.2, -0.15) is 10.1 Å². The molecular formula is C17H14ClFN4. The van der Waals surface area contributed by atoms with E-state index in [0.717, 1.165) is 22.6 Å². The maximum atomic E-state index is 13.2. The Bertz CT molecular complexity index is 831. The first-order chi connectivity index (χ1) is 11.2. The summed E-state index contributed by atoms with van der Waals surface area (Å²) < 4.78 is 15.1. The molecule has 1 N–H and O–H groups in total. The van der Waals surface area contributed by atoms with Gasteiger partial charge in [-0.15, -0.1) is 0 Å². The Morgan fingerprint density at radius 2 is 1.91 bits per heavy atom. The largest absolute Gasteiger partial charge is 0.347 e. The molecule has 0 unspecified atom stereocenters. The van der Waals surface area contributed by atoms with Gasteiger partial charge in [0.15, 0.2) is 0 Å². The molecule has 3 aromatic rings. The van der Waals surface area contributed by atoms with E-state index < -0.39 is 0 Å². The van der Waals surface area contributed by atoms with E-state index in [1.165, 1.54) is 18.5 Å². The molecule has 23 heavy (non-hydrogen) atoms. The third-order valence-corrected chi connectivity index (χ3v) is 4.51. The van der Waals surface area contributed by atoms with E-state index in [0.29, 0.717) is 5.95 Å². The highest BCUT2D eigenvalue weighted by atomic mass is 35.5. The Morgan fingerprint density at radius 1 is 1.13 bits per heavy atom. The van der Waals surface area contributed by atoms with Gasteiger partial charge >= 0.3 is 0 Å². The van der Waals surface area contributed by atoms with Crippen LogP contribution in [0.2, 0.25) is 5.02 Å². The molecule has 0 bridgehead atoms. The van der Waals surface area contributed by atoms with Crippen molar-refractivity contribution in [3.05, 3.63) is 76.8 Å². The summed E-state index contributed by atoms with van der Waals surface area (Å²) in [6.45, 7) is 0. The topological polar surface area (TPSA) is 42.7 Å². The van der Waals surface area contributed by atoms with Gasteiger partial charge in [0.1, 0.15) is 12.1 Å². The molecule has 1 aliphatic heterocycles. The Morgan fingerprint density at radius 3 is 2.70 bits per heavy atom. The van der Waals surface area contributed by atoms with Crippen LogP contribution < -0.4 is 5.32 Å². The van der Waals surface area contributed by atoms with E-state index in [1.54, 1.807) is 12.1 Å². The number of benzene rings is 2. The van der Waals surface area contributed by atoms with E-state index in [9.17, 15) is 4.39 Å². The van der Waals surface area contributed by atoms with Crippen LogP contribution in [0.5, 0.6) is 0 Å². The molecule has 0 saturated heterocycles. The summed E-state index contributed by atoms with van der Waals surface area (Å²) in [5.41, 5.74) is 2.02. The number of anilines is 1. The lowest BCUT2D eigenvalue weighted by atomic mass is 9.93. The van der Waals surface area contributed by atoms with Crippen molar-refractivity contribution in [2.75, 3.05) is 5.32 Å². The summed E-state index contributed by atoms with van der Waals surface area (Å²) in [6, 6.07) is 14.3. The van der Waals surface area contributed by atoms with E-state index in [4.69, 9.17) is 11.6 Å². The average Bonchev–Trinajstić information content (AvgIpc) is 3.04. The van der Waals surface area contributed by atoms with Gasteiger partial charge in [-0.05, 0) is 35.7 Å². The van der Waals surface area contributed by atoms with Crippen molar-refractivity contribution in [2.24, 2.45) is 0 Å². The third-order valence-electron chi connectivity index (χ3n) is 4.17. The fourth-order valence-electron chi connectivity index (χ4n) is 3.04. The minimum Gasteiger partial charge on any atom is -0.347 e. The Labute approximate surface area is 137 Å². The molecule has 0 saturated carbocycles. The molecule has 0 aliphatic carbocycles. The van der Waals surface area contributed by atoms with Crippen molar-refractivity contribution in [3.63, 3.8) is 0 Å².